The summed E-state index contributed by atoms with van der Waals surface area (Å²) in [5.41, 5.74) is 3.12. The predicted molar refractivity (Wildman–Crippen MR) is 105 cm³/mol. The van der Waals surface area contributed by atoms with Crippen LogP contribution in [0.3, 0.4) is 0 Å². The first kappa shape index (κ1) is 18.3. The van der Waals surface area contributed by atoms with Crippen molar-refractivity contribution in [2.24, 2.45) is 0 Å². The zero-order valence-electron chi connectivity index (χ0n) is 15.5. The maximum atomic E-state index is 5.62. The second-order valence-corrected chi connectivity index (χ2v) is 6.00. The molecule has 0 aliphatic carbocycles. The van der Waals surface area contributed by atoms with Crippen LogP contribution in [0, 0.1) is 6.92 Å². The standard InChI is InChI=1S/C21H25N3O2/c1-4-25-19(26-5-2)14-22-21-17-8-6-7-9-18(17)23-20(24-21)16-12-10-15(3)11-13-16/h6-13,19H,4-5,14H2,1-3H3,(H,22,23,24). The molecule has 2 aromatic carbocycles. The number of nitrogens with one attached hydrogen (secondary N) is 1. The summed E-state index contributed by atoms with van der Waals surface area (Å²) in [6.07, 6.45) is -0.304. The highest BCUT2D eigenvalue weighted by Crippen LogP contribution is 2.25. The number of para-hydroxylation sites is 1. The Morgan fingerprint density at radius 2 is 1.62 bits per heavy atom. The Balaban J connectivity index is 1.93. The smallest absolute Gasteiger partial charge is 0.174 e. The first-order valence-electron chi connectivity index (χ1n) is 9.02. The van der Waals surface area contributed by atoms with E-state index in [-0.39, 0.29) is 6.29 Å². The van der Waals surface area contributed by atoms with Gasteiger partial charge < -0.3 is 14.8 Å². The Labute approximate surface area is 154 Å². The van der Waals surface area contributed by atoms with Gasteiger partial charge in [0.25, 0.3) is 0 Å². The van der Waals surface area contributed by atoms with Crippen molar-refractivity contribution in [1.82, 2.24) is 9.97 Å². The van der Waals surface area contributed by atoms with Crippen LogP contribution in [0.2, 0.25) is 0 Å². The minimum absolute atomic E-state index is 0.304. The van der Waals surface area contributed by atoms with E-state index in [0.717, 1.165) is 22.3 Å². The zero-order valence-corrected chi connectivity index (χ0v) is 15.5. The van der Waals surface area contributed by atoms with Gasteiger partial charge in [-0.25, -0.2) is 9.97 Å². The van der Waals surface area contributed by atoms with Crippen LogP contribution in [0.4, 0.5) is 5.82 Å². The highest BCUT2D eigenvalue weighted by molar-refractivity contribution is 5.90. The molecule has 0 atom stereocenters. The lowest BCUT2D eigenvalue weighted by Gasteiger charge is -2.18. The maximum Gasteiger partial charge on any atom is 0.174 e. The van der Waals surface area contributed by atoms with Crippen molar-refractivity contribution < 1.29 is 9.47 Å². The fourth-order valence-corrected chi connectivity index (χ4v) is 2.76. The molecule has 5 nitrogen and oxygen atoms in total. The quantitative estimate of drug-likeness (QED) is 0.609. The lowest BCUT2D eigenvalue weighted by atomic mass is 10.1. The molecule has 1 aromatic heterocycles. The molecule has 0 saturated carbocycles. The van der Waals surface area contributed by atoms with Gasteiger partial charge >= 0.3 is 0 Å². The summed E-state index contributed by atoms with van der Waals surface area (Å²) in [5.74, 6) is 1.49. The monoisotopic (exact) mass is 351 g/mol. The zero-order chi connectivity index (χ0) is 18.4. The average Bonchev–Trinajstić information content (AvgIpc) is 2.66. The molecule has 0 aliphatic heterocycles. The number of hydrogen-bond acceptors (Lipinski definition) is 5. The van der Waals surface area contributed by atoms with Crippen LogP contribution in [0.5, 0.6) is 0 Å². The van der Waals surface area contributed by atoms with E-state index in [1.165, 1.54) is 5.56 Å². The van der Waals surface area contributed by atoms with Gasteiger partial charge in [0.1, 0.15) is 5.82 Å². The molecule has 0 fully saturated rings. The number of benzene rings is 2. The van der Waals surface area contributed by atoms with Gasteiger partial charge in [0.2, 0.25) is 0 Å². The summed E-state index contributed by atoms with van der Waals surface area (Å²) < 4.78 is 11.2. The van der Waals surface area contributed by atoms with Crippen molar-refractivity contribution in [2.45, 2.75) is 27.1 Å². The molecule has 26 heavy (non-hydrogen) atoms. The van der Waals surface area contributed by atoms with Crippen LogP contribution in [-0.2, 0) is 9.47 Å². The van der Waals surface area contributed by atoms with Crippen LogP contribution in [0.15, 0.2) is 48.5 Å². The van der Waals surface area contributed by atoms with Crippen LogP contribution in [-0.4, -0.2) is 36.0 Å². The third kappa shape index (κ3) is 4.36. The Bertz CT molecular complexity index is 844. The molecule has 136 valence electrons. The number of nitrogens with zero attached hydrogens (tertiary/aromatic N) is 2. The highest BCUT2D eigenvalue weighted by Gasteiger charge is 2.12. The maximum absolute atomic E-state index is 5.62. The summed E-state index contributed by atoms with van der Waals surface area (Å²) in [7, 11) is 0. The van der Waals surface area contributed by atoms with Crippen molar-refractivity contribution in [2.75, 3.05) is 25.1 Å². The van der Waals surface area contributed by atoms with Crippen LogP contribution < -0.4 is 5.32 Å². The van der Waals surface area contributed by atoms with E-state index < -0.39 is 0 Å². The van der Waals surface area contributed by atoms with E-state index in [1.54, 1.807) is 0 Å². The Hall–Kier alpha value is -2.50. The molecule has 0 radical (unpaired) electrons. The second-order valence-electron chi connectivity index (χ2n) is 6.00. The van der Waals surface area contributed by atoms with Gasteiger partial charge in [0, 0.05) is 24.2 Å². The molecule has 0 amide bonds. The minimum atomic E-state index is -0.304. The predicted octanol–water partition coefficient (Wildman–Crippen LogP) is 4.42. The minimum Gasteiger partial charge on any atom is -0.364 e. The molecular formula is C21H25N3O2. The lowest BCUT2D eigenvalue weighted by molar-refractivity contribution is -0.126. The normalized spacial score (nSPS) is 11.2. The first-order valence-corrected chi connectivity index (χ1v) is 9.02. The SMILES string of the molecule is CCOC(CNc1nc(-c2ccc(C)cc2)nc2ccccc12)OCC. The van der Waals surface area contributed by atoms with E-state index in [9.17, 15) is 0 Å². The number of aryl methyl sites for hydroxylation is 1. The van der Waals surface area contributed by atoms with Gasteiger partial charge in [0.05, 0.1) is 12.1 Å². The number of anilines is 1. The van der Waals surface area contributed by atoms with Gasteiger partial charge in [-0.3, -0.25) is 0 Å². The third-order valence-electron chi connectivity index (χ3n) is 4.05. The van der Waals surface area contributed by atoms with E-state index in [1.807, 2.05) is 50.2 Å². The molecule has 0 bridgehead atoms. The van der Waals surface area contributed by atoms with Crippen LogP contribution >= 0.6 is 0 Å². The van der Waals surface area contributed by atoms with Gasteiger partial charge in [-0.2, -0.15) is 0 Å². The largest absolute Gasteiger partial charge is 0.364 e. The van der Waals surface area contributed by atoms with Crippen molar-refractivity contribution in [3.63, 3.8) is 0 Å². The lowest BCUT2D eigenvalue weighted by Crippen LogP contribution is -2.27. The molecule has 1 heterocycles. The molecule has 0 saturated heterocycles. The molecule has 0 spiro atoms. The fraction of sp³-hybridized carbons (Fsp3) is 0.333. The van der Waals surface area contributed by atoms with E-state index in [2.05, 4.69) is 24.4 Å². The van der Waals surface area contributed by atoms with Gasteiger partial charge in [-0.05, 0) is 32.9 Å². The summed E-state index contributed by atoms with van der Waals surface area (Å²) in [4.78, 5) is 9.48. The molecule has 1 N–H and O–H groups in total. The van der Waals surface area contributed by atoms with Gasteiger partial charge in [-0.1, -0.05) is 42.0 Å². The second kappa shape index (κ2) is 8.74. The number of fused-ring (bicyclic) bond motifs is 1. The molecule has 3 rings (SSSR count). The molecular weight excluding hydrogens is 326 g/mol. The Kier molecular flexibility index (Phi) is 6.15. The van der Waals surface area contributed by atoms with Crippen molar-refractivity contribution in [3.05, 3.63) is 54.1 Å². The number of rotatable bonds is 8. The summed E-state index contributed by atoms with van der Waals surface area (Å²) in [6.45, 7) is 7.72. The van der Waals surface area contributed by atoms with E-state index >= 15 is 0 Å². The average molecular weight is 351 g/mol. The Morgan fingerprint density at radius 3 is 2.31 bits per heavy atom. The summed E-state index contributed by atoms with van der Waals surface area (Å²) >= 11 is 0. The van der Waals surface area contributed by atoms with Crippen molar-refractivity contribution in [1.29, 1.82) is 0 Å². The molecule has 0 unspecified atom stereocenters. The molecule has 3 aromatic rings. The topological polar surface area (TPSA) is 56.3 Å². The van der Waals surface area contributed by atoms with Crippen LogP contribution in [0.25, 0.3) is 22.3 Å². The van der Waals surface area contributed by atoms with E-state index in [4.69, 9.17) is 19.4 Å². The summed E-state index contributed by atoms with van der Waals surface area (Å²) in [6, 6.07) is 16.2. The Morgan fingerprint density at radius 1 is 0.923 bits per heavy atom. The molecule has 0 aliphatic rings. The highest BCUT2D eigenvalue weighted by atomic mass is 16.7. The van der Waals surface area contributed by atoms with E-state index in [0.29, 0.717) is 25.6 Å². The number of aromatic nitrogens is 2. The molecule has 5 heteroatoms. The number of ether oxygens (including phenoxy) is 2. The fourth-order valence-electron chi connectivity index (χ4n) is 2.76. The first-order chi connectivity index (χ1) is 12.7. The van der Waals surface area contributed by atoms with Gasteiger partial charge in [-0.15, -0.1) is 0 Å². The van der Waals surface area contributed by atoms with Gasteiger partial charge in [0.15, 0.2) is 12.1 Å². The third-order valence-corrected chi connectivity index (χ3v) is 4.05. The summed E-state index contributed by atoms with van der Waals surface area (Å²) in [5, 5.41) is 4.36. The van der Waals surface area contributed by atoms with Crippen molar-refractivity contribution in [3.8, 4) is 11.4 Å². The van der Waals surface area contributed by atoms with Crippen LogP contribution in [0.1, 0.15) is 19.4 Å². The van der Waals surface area contributed by atoms with Crippen molar-refractivity contribution >= 4 is 16.7 Å². The number of hydrogen-bond donors (Lipinski definition) is 1.